The highest BCUT2D eigenvalue weighted by Crippen LogP contribution is 2.39. The fourth-order valence-electron chi connectivity index (χ4n) is 4.96. The van der Waals surface area contributed by atoms with Crippen LogP contribution in [-0.2, 0) is 11.0 Å². The Balaban J connectivity index is 1.42. The Morgan fingerprint density at radius 3 is 2.50 bits per heavy atom. The molecule has 0 aliphatic carbocycles. The maximum absolute atomic E-state index is 6.52. The van der Waals surface area contributed by atoms with E-state index in [4.69, 9.17) is 18.6 Å². The second-order valence-electron chi connectivity index (χ2n) is 12.8. The third kappa shape index (κ3) is 7.37. The first-order chi connectivity index (χ1) is 21.9. The van der Waals surface area contributed by atoms with E-state index >= 15 is 0 Å². The highest BCUT2D eigenvalue weighted by atomic mass is 79.9. The number of fused-ring (bicyclic) bond motifs is 1. The fraction of sp³-hybridized carbons (Fsp3) is 0.343. The molecule has 1 atom stereocenters. The Labute approximate surface area is 280 Å². The summed E-state index contributed by atoms with van der Waals surface area (Å²) < 4.78 is 26.5. The zero-order chi connectivity index (χ0) is 33.1. The number of halogens is 1. The van der Waals surface area contributed by atoms with Crippen LogP contribution in [0.5, 0.6) is 17.2 Å². The van der Waals surface area contributed by atoms with Gasteiger partial charge in [0.1, 0.15) is 23.9 Å². The lowest BCUT2D eigenvalue weighted by atomic mass is 10.0. The third-order valence-corrected chi connectivity index (χ3v) is 13.7. The number of ether oxygens (including phenoxy) is 3. The lowest BCUT2D eigenvalue weighted by molar-refractivity contribution is 0.129. The molecule has 1 unspecified atom stereocenters. The van der Waals surface area contributed by atoms with Crippen molar-refractivity contribution in [3.8, 4) is 34.1 Å². The minimum absolute atomic E-state index is 0.0479. The van der Waals surface area contributed by atoms with E-state index < -0.39 is 8.32 Å². The molecule has 0 amide bonds. The largest absolute Gasteiger partial charge is 0.497 e. The summed E-state index contributed by atoms with van der Waals surface area (Å²) >= 11 is 3.77. The van der Waals surface area contributed by atoms with Crippen LogP contribution in [0.1, 0.15) is 33.3 Å². The zero-order valence-corrected chi connectivity index (χ0v) is 30.3. The van der Waals surface area contributed by atoms with Gasteiger partial charge in [0.15, 0.2) is 8.32 Å². The van der Waals surface area contributed by atoms with Gasteiger partial charge in [-0.05, 0) is 82.9 Å². The average Bonchev–Trinajstić information content (AvgIpc) is 3.57. The first-order valence-electron chi connectivity index (χ1n) is 15.2. The Morgan fingerprint density at radius 2 is 1.80 bits per heavy atom. The normalized spacial score (nSPS) is 12.6. The second-order valence-corrected chi connectivity index (χ2v) is 18.4. The summed E-state index contributed by atoms with van der Waals surface area (Å²) in [5.41, 5.74) is 5.47. The molecule has 0 bridgehead atoms. The molecular formula is C35H42BrN5O4Si. The number of methoxy groups -OCH3 is 2. The molecule has 9 nitrogen and oxygen atoms in total. The number of nitrogens with one attached hydrogen (secondary N) is 1. The summed E-state index contributed by atoms with van der Waals surface area (Å²) in [6.45, 7) is 14.3. The van der Waals surface area contributed by atoms with Crippen molar-refractivity contribution < 1.29 is 18.6 Å². The van der Waals surface area contributed by atoms with Gasteiger partial charge in [-0.1, -0.05) is 26.8 Å². The van der Waals surface area contributed by atoms with Crippen LogP contribution in [0.25, 0.3) is 27.7 Å². The van der Waals surface area contributed by atoms with E-state index in [1.807, 2.05) is 47.3 Å². The predicted octanol–water partition coefficient (Wildman–Crippen LogP) is 8.66. The van der Waals surface area contributed by atoms with Crippen LogP contribution < -0.4 is 19.5 Å². The summed E-state index contributed by atoms with van der Waals surface area (Å²) in [4.78, 5) is 0. The number of hydrogen-bond acceptors (Lipinski definition) is 8. The molecule has 0 saturated heterocycles. The molecule has 2 aromatic heterocycles. The van der Waals surface area contributed by atoms with Gasteiger partial charge in [-0.15, -0.1) is 0 Å². The van der Waals surface area contributed by atoms with Crippen LogP contribution in [0.3, 0.4) is 0 Å². The highest BCUT2D eigenvalue weighted by molar-refractivity contribution is 9.10. The van der Waals surface area contributed by atoms with Crippen LogP contribution in [0.15, 0.2) is 77.7 Å². The zero-order valence-electron chi connectivity index (χ0n) is 27.7. The van der Waals surface area contributed by atoms with E-state index in [2.05, 4.69) is 95.5 Å². The maximum Gasteiger partial charge on any atom is 0.192 e. The van der Waals surface area contributed by atoms with Crippen molar-refractivity contribution >= 4 is 40.8 Å². The van der Waals surface area contributed by atoms with Crippen LogP contribution in [0.4, 0.5) is 5.69 Å². The SMILES string of the molecule is COc1ccc(CNc2cnnc3cc(-c4cc(Br)c(OCC(C)O[Si](C)(C)C(C)(C)C)cc4-n4cccn4)ccc23)c(OC)c1. The van der Waals surface area contributed by atoms with Crippen molar-refractivity contribution in [1.29, 1.82) is 0 Å². The second kappa shape index (κ2) is 13.8. The van der Waals surface area contributed by atoms with E-state index in [-0.39, 0.29) is 11.1 Å². The molecule has 3 aromatic carbocycles. The molecule has 0 spiro atoms. The molecule has 2 heterocycles. The lowest BCUT2D eigenvalue weighted by Crippen LogP contribution is -2.44. The topological polar surface area (TPSA) is 92.6 Å². The lowest BCUT2D eigenvalue weighted by Gasteiger charge is -2.38. The van der Waals surface area contributed by atoms with Crippen LogP contribution in [0, 0.1) is 0 Å². The molecule has 0 saturated carbocycles. The van der Waals surface area contributed by atoms with Gasteiger partial charge in [0.05, 0.1) is 47.9 Å². The van der Waals surface area contributed by atoms with Gasteiger partial charge >= 0.3 is 0 Å². The maximum atomic E-state index is 6.52. The summed E-state index contributed by atoms with van der Waals surface area (Å²) in [5, 5.41) is 17.9. The standard InChI is InChI=1S/C35H42BrN5O4Si/c1-23(45-46(7,8)35(2,3)4)22-44-34-19-32(41-15-9-14-39-41)28(18-29(34)36)24-11-13-27-30(16-24)40-38-21-31(27)37-20-25-10-12-26(42-5)17-33(25)43-6/h9-19,21,23H,20,22H2,1-8H3,(H,37,40). The summed E-state index contributed by atoms with van der Waals surface area (Å²) in [6, 6.07) is 18.0. The Bertz CT molecular complexity index is 1810. The van der Waals surface area contributed by atoms with E-state index in [1.165, 1.54) is 0 Å². The Hall–Kier alpha value is -3.93. The minimum Gasteiger partial charge on any atom is -0.497 e. The molecule has 0 radical (unpaired) electrons. The molecule has 0 aliphatic heterocycles. The first kappa shape index (κ1) is 33.4. The molecule has 1 N–H and O–H groups in total. The molecule has 0 aliphatic rings. The van der Waals surface area contributed by atoms with Crippen molar-refractivity contribution in [3.63, 3.8) is 0 Å². The molecule has 11 heteroatoms. The van der Waals surface area contributed by atoms with Crippen molar-refractivity contribution in [3.05, 3.63) is 83.2 Å². The minimum atomic E-state index is -1.92. The predicted molar refractivity (Wildman–Crippen MR) is 190 cm³/mol. The van der Waals surface area contributed by atoms with Crippen molar-refractivity contribution in [1.82, 2.24) is 20.0 Å². The quantitative estimate of drug-likeness (QED) is 0.129. The van der Waals surface area contributed by atoms with Crippen molar-refractivity contribution in [2.75, 3.05) is 26.1 Å². The van der Waals surface area contributed by atoms with Crippen LogP contribution >= 0.6 is 15.9 Å². The number of benzene rings is 3. The average molecular weight is 705 g/mol. The molecule has 242 valence electrons. The van der Waals surface area contributed by atoms with Crippen LogP contribution in [0.2, 0.25) is 18.1 Å². The Kier molecular flexibility index (Phi) is 10.0. The van der Waals surface area contributed by atoms with Gasteiger partial charge in [0.25, 0.3) is 0 Å². The van der Waals surface area contributed by atoms with E-state index in [0.717, 1.165) is 60.7 Å². The number of hydrogen-bond donors (Lipinski definition) is 1. The van der Waals surface area contributed by atoms with Gasteiger partial charge in [-0.2, -0.15) is 15.3 Å². The summed E-state index contributed by atoms with van der Waals surface area (Å²) in [7, 11) is 1.38. The summed E-state index contributed by atoms with van der Waals surface area (Å²) in [5.74, 6) is 2.22. The van der Waals surface area contributed by atoms with Crippen molar-refractivity contribution in [2.45, 2.75) is 58.5 Å². The number of rotatable bonds is 12. The van der Waals surface area contributed by atoms with Crippen LogP contribution in [-0.4, -0.2) is 55.2 Å². The van der Waals surface area contributed by atoms with Gasteiger partial charge in [0, 0.05) is 47.6 Å². The van der Waals surface area contributed by atoms with E-state index in [0.29, 0.717) is 13.2 Å². The molecule has 5 aromatic rings. The summed E-state index contributed by atoms with van der Waals surface area (Å²) in [6.07, 6.45) is 5.39. The highest BCUT2D eigenvalue weighted by Gasteiger charge is 2.38. The Morgan fingerprint density at radius 1 is 1.00 bits per heavy atom. The number of anilines is 1. The molecule has 46 heavy (non-hydrogen) atoms. The fourth-order valence-corrected chi connectivity index (χ4v) is 6.85. The van der Waals surface area contributed by atoms with E-state index in [1.54, 1.807) is 26.6 Å². The molecule has 5 rings (SSSR count). The first-order valence-corrected chi connectivity index (χ1v) is 18.9. The van der Waals surface area contributed by atoms with Gasteiger partial charge in [-0.25, -0.2) is 4.68 Å². The number of nitrogens with zero attached hydrogens (tertiary/aromatic N) is 4. The van der Waals surface area contributed by atoms with Crippen molar-refractivity contribution in [2.24, 2.45) is 0 Å². The van der Waals surface area contributed by atoms with Gasteiger partial charge < -0.3 is 24.0 Å². The monoisotopic (exact) mass is 703 g/mol. The van der Waals surface area contributed by atoms with E-state index in [9.17, 15) is 0 Å². The smallest absolute Gasteiger partial charge is 0.192 e. The third-order valence-electron chi connectivity index (χ3n) is 8.49. The van der Waals surface area contributed by atoms with Gasteiger partial charge in [0.2, 0.25) is 0 Å². The number of aromatic nitrogens is 4. The van der Waals surface area contributed by atoms with Gasteiger partial charge in [-0.3, -0.25) is 0 Å². The molecule has 0 fully saturated rings. The molecular weight excluding hydrogens is 662 g/mol.